The van der Waals surface area contributed by atoms with Crippen molar-refractivity contribution < 1.29 is 18.3 Å². The van der Waals surface area contributed by atoms with Gasteiger partial charge in [-0.1, -0.05) is 12.1 Å². The Labute approximate surface area is 170 Å². The van der Waals surface area contributed by atoms with Gasteiger partial charge in [0.15, 0.2) is 0 Å². The predicted molar refractivity (Wildman–Crippen MR) is 109 cm³/mol. The van der Waals surface area contributed by atoms with Crippen LogP contribution in [0.5, 0.6) is 0 Å². The minimum absolute atomic E-state index is 0.281. The minimum atomic E-state index is -3.83. The van der Waals surface area contributed by atoms with E-state index in [1.807, 2.05) is 20.0 Å². The van der Waals surface area contributed by atoms with Crippen LogP contribution in [0.2, 0.25) is 0 Å². The monoisotopic (exact) mass is 421 g/mol. The molecule has 2 heterocycles. The third-order valence-electron chi connectivity index (χ3n) is 5.22. The maximum Gasteiger partial charge on any atom is 0.280 e. The summed E-state index contributed by atoms with van der Waals surface area (Å²) in [5, 5.41) is 16.7. The number of aryl methyl sites for hydroxylation is 2. The third kappa shape index (κ3) is 4.50. The first-order chi connectivity index (χ1) is 13.6. The average molecular weight is 422 g/mol. The van der Waals surface area contributed by atoms with Crippen molar-refractivity contribution in [1.82, 2.24) is 18.8 Å². The van der Waals surface area contributed by atoms with Gasteiger partial charge in [0.2, 0.25) is 5.91 Å². The normalized spacial score (nSPS) is 22.9. The van der Waals surface area contributed by atoms with Crippen LogP contribution in [0.15, 0.2) is 30.5 Å². The number of hydrogen-bond acceptors (Lipinski definition) is 5. The van der Waals surface area contributed by atoms with Gasteiger partial charge in [0.1, 0.15) is 6.04 Å². The van der Waals surface area contributed by atoms with Gasteiger partial charge in [0.05, 0.1) is 17.8 Å². The zero-order chi connectivity index (χ0) is 21.3. The highest BCUT2D eigenvalue weighted by molar-refractivity contribution is 7.87. The molecule has 1 aromatic heterocycles. The van der Waals surface area contributed by atoms with E-state index in [1.54, 1.807) is 35.9 Å². The Morgan fingerprint density at radius 2 is 2.03 bits per heavy atom. The van der Waals surface area contributed by atoms with E-state index in [-0.39, 0.29) is 6.42 Å². The minimum Gasteiger partial charge on any atom is -0.389 e. The molecule has 10 heteroatoms. The van der Waals surface area contributed by atoms with Gasteiger partial charge in [-0.2, -0.15) is 22.5 Å². The van der Waals surface area contributed by atoms with Crippen LogP contribution in [0, 0.1) is 6.92 Å². The molecule has 0 saturated carbocycles. The Morgan fingerprint density at radius 1 is 1.38 bits per heavy atom. The number of anilines is 1. The maximum absolute atomic E-state index is 12.9. The largest absolute Gasteiger partial charge is 0.389 e. The van der Waals surface area contributed by atoms with E-state index in [2.05, 4.69) is 15.1 Å². The molecule has 1 aliphatic rings. The topological polar surface area (TPSA) is 117 Å². The molecule has 1 amide bonds. The summed E-state index contributed by atoms with van der Waals surface area (Å²) in [6.45, 7) is 6.11. The molecule has 1 saturated heterocycles. The molecule has 2 aromatic rings. The van der Waals surface area contributed by atoms with Crippen molar-refractivity contribution in [2.45, 2.75) is 51.9 Å². The number of carbonyl (C=O) groups is 1. The standard InChI is InChI=1S/C19H27N5O4S/c1-5-24-11-16(12(2)21-24)17-10-18(23(4)29(27,28)22-17)19(26)20-15-8-6-14(7-9-15)13(3)25/h6-9,11,13,17-18,22,25H,5,10H2,1-4H3,(H,20,26)/t13-,17-,18+/m0/s1. The number of likely N-dealkylation sites (N-methyl/N-ethyl adjacent to an activating group) is 1. The Morgan fingerprint density at radius 3 is 2.59 bits per heavy atom. The van der Waals surface area contributed by atoms with E-state index in [9.17, 15) is 18.3 Å². The lowest BCUT2D eigenvalue weighted by Gasteiger charge is -2.36. The van der Waals surface area contributed by atoms with Crippen LogP contribution in [-0.2, 0) is 21.5 Å². The molecule has 0 aliphatic carbocycles. The summed E-state index contributed by atoms with van der Waals surface area (Å²) in [6, 6.07) is 5.39. The zero-order valence-corrected chi connectivity index (χ0v) is 17.8. The molecule has 3 rings (SSSR count). The SMILES string of the molecule is CCn1cc([C@@H]2C[C@H](C(=O)Nc3ccc([C@H](C)O)cc3)N(C)S(=O)(=O)N2)c(C)n1. The van der Waals surface area contributed by atoms with E-state index in [0.29, 0.717) is 12.2 Å². The molecule has 3 N–H and O–H groups in total. The van der Waals surface area contributed by atoms with E-state index in [1.165, 1.54) is 7.05 Å². The first-order valence-corrected chi connectivity index (χ1v) is 10.9. The molecule has 158 valence electrons. The van der Waals surface area contributed by atoms with E-state index in [0.717, 1.165) is 21.1 Å². The van der Waals surface area contributed by atoms with Crippen LogP contribution in [0.3, 0.4) is 0 Å². The van der Waals surface area contributed by atoms with Crippen LogP contribution in [0.25, 0.3) is 0 Å². The molecule has 1 aromatic carbocycles. The molecule has 1 fully saturated rings. The average Bonchev–Trinajstić information content (AvgIpc) is 3.05. The second-order valence-corrected chi connectivity index (χ2v) is 9.02. The van der Waals surface area contributed by atoms with Crippen LogP contribution in [0.1, 0.15) is 49.2 Å². The van der Waals surface area contributed by atoms with Gasteiger partial charge in [-0.25, -0.2) is 0 Å². The first-order valence-electron chi connectivity index (χ1n) is 9.50. The molecule has 0 spiro atoms. The highest BCUT2D eigenvalue weighted by atomic mass is 32.2. The van der Waals surface area contributed by atoms with Gasteiger partial charge in [-0.05, 0) is 44.9 Å². The summed E-state index contributed by atoms with van der Waals surface area (Å²) < 4.78 is 30.7. The highest BCUT2D eigenvalue weighted by Crippen LogP contribution is 2.30. The number of benzene rings is 1. The van der Waals surface area contributed by atoms with Crippen molar-refractivity contribution in [2.24, 2.45) is 0 Å². The predicted octanol–water partition coefficient (Wildman–Crippen LogP) is 1.48. The summed E-state index contributed by atoms with van der Waals surface area (Å²) in [5.74, 6) is -0.409. The fourth-order valence-electron chi connectivity index (χ4n) is 3.42. The molecule has 0 radical (unpaired) electrons. The van der Waals surface area contributed by atoms with Crippen LogP contribution < -0.4 is 10.0 Å². The second-order valence-electron chi connectivity index (χ2n) is 7.26. The number of carbonyl (C=O) groups excluding carboxylic acids is 1. The van der Waals surface area contributed by atoms with Crippen LogP contribution in [-0.4, -0.2) is 46.6 Å². The molecule has 9 nitrogen and oxygen atoms in total. The molecular weight excluding hydrogens is 394 g/mol. The molecule has 29 heavy (non-hydrogen) atoms. The zero-order valence-electron chi connectivity index (χ0n) is 17.0. The molecule has 3 atom stereocenters. The van der Waals surface area contributed by atoms with Crippen molar-refractivity contribution in [3.63, 3.8) is 0 Å². The van der Waals surface area contributed by atoms with Gasteiger partial charge in [-0.15, -0.1) is 0 Å². The Balaban J connectivity index is 1.82. The summed E-state index contributed by atoms with van der Waals surface area (Å²) in [5.41, 5.74) is 2.77. The fourth-order valence-corrected chi connectivity index (χ4v) is 4.69. The molecule has 1 aliphatic heterocycles. The van der Waals surface area contributed by atoms with Gasteiger partial charge in [0, 0.05) is 31.0 Å². The molecular formula is C19H27N5O4S. The lowest BCUT2D eigenvalue weighted by atomic mass is 10.00. The van der Waals surface area contributed by atoms with Crippen LogP contribution in [0.4, 0.5) is 5.69 Å². The summed E-state index contributed by atoms with van der Waals surface area (Å²) in [4.78, 5) is 12.9. The number of hydrogen-bond donors (Lipinski definition) is 3. The number of aliphatic hydroxyl groups is 1. The number of nitrogens with zero attached hydrogens (tertiary/aromatic N) is 3. The highest BCUT2D eigenvalue weighted by Gasteiger charge is 2.41. The van der Waals surface area contributed by atoms with Crippen LogP contribution >= 0.6 is 0 Å². The number of aliphatic hydroxyl groups excluding tert-OH is 1. The lowest BCUT2D eigenvalue weighted by Crippen LogP contribution is -2.56. The maximum atomic E-state index is 12.9. The number of rotatable bonds is 5. The fraction of sp³-hybridized carbons (Fsp3) is 0.474. The van der Waals surface area contributed by atoms with Crippen molar-refractivity contribution >= 4 is 21.8 Å². The van der Waals surface area contributed by atoms with Gasteiger partial charge >= 0.3 is 0 Å². The van der Waals surface area contributed by atoms with Gasteiger partial charge < -0.3 is 10.4 Å². The van der Waals surface area contributed by atoms with Gasteiger partial charge in [-0.3, -0.25) is 9.48 Å². The quantitative estimate of drug-likeness (QED) is 0.676. The number of aromatic nitrogens is 2. The summed E-state index contributed by atoms with van der Waals surface area (Å²) in [7, 11) is -2.43. The number of nitrogens with one attached hydrogen (secondary N) is 2. The smallest absolute Gasteiger partial charge is 0.280 e. The summed E-state index contributed by atoms with van der Waals surface area (Å²) >= 11 is 0. The second kappa shape index (κ2) is 8.23. The third-order valence-corrected chi connectivity index (χ3v) is 6.81. The van der Waals surface area contributed by atoms with Crippen molar-refractivity contribution in [3.05, 3.63) is 47.3 Å². The number of amides is 1. The van der Waals surface area contributed by atoms with E-state index < -0.39 is 34.3 Å². The van der Waals surface area contributed by atoms with Crippen molar-refractivity contribution in [1.29, 1.82) is 0 Å². The summed E-state index contributed by atoms with van der Waals surface area (Å²) in [6.07, 6.45) is 1.50. The van der Waals surface area contributed by atoms with Crippen molar-refractivity contribution in [3.8, 4) is 0 Å². The Hall–Kier alpha value is -2.27. The van der Waals surface area contributed by atoms with E-state index in [4.69, 9.17) is 0 Å². The van der Waals surface area contributed by atoms with E-state index >= 15 is 0 Å². The Kier molecular flexibility index (Phi) is 6.08. The lowest BCUT2D eigenvalue weighted by molar-refractivity contribution is -0.120. The molecule has 0 unspecified atom stereocenters. The molecule has 0 bridgehead atoms. The Bertz CT molecular complexity index is 985. The van der Waals surface area contributed by atoms with Crippen molar-refractivity contribution in [2.75, 3.05) is 12.4 Å². The first kappa shape index (κ1) is 21.4. The van der Waals surface area contributed by atoms with Gasteiger partial charge in [0.25, 0.3) is 10.2 Å².